The quantitative estimate of drug-likeness (QED) is 0.413. The van der Waals surface area contributed by atoms with Gasteiger partial charge < -0.3 is 9.47 Å². The summed E-state index contributed by atoms with van der Waals surface area (Å²) in [6, 6.07) is 7.85. The SMILES string of the molecule is COc1cc(/C=C2/C(=N)N3C=CSC3=NC2=O)cc(Cl)c1OC(=O)c1ccc(F)cc1. The summed E-state index contributed by atoms with van der Waals surface area (Å²) >= 11 is 7.57. The van der Waals surface area contributed by atoms with Gasteiger partial charge in [-0.3, -0.25) is 15.1 Å². The van der Waals surface area contributed by atoms with Crippen molar-refractivity contribution in [1.82, 2.24) is 4.90 Å². The molecule has 4 rings (SSSR count). The highest BCUT2D eigenvalue weighted by Gasteiger charge is 2.31. The minimum absolute atomic E-state index is 0.0156. The first-order valence-electron chi connectivity index (χ1n) is 8.79. The molecule has 2 aromatic carbocycles. The average molecular weight is 458 g/mol. The summed E-state index contributed by atoms with van der Waals surface area (Å²) in [5.74, 6) is -1.66. The number of thioether (sulfide) groups is 1. The van der Waals surface area contributed by atoms with Crippen LogP contribution in [0.3, 0.4) is 0 Å². The summed E-state index contributed by atoms with van der Waals surface area (Å²) in [4.78, 5) is 30.2. The normalized spacial score (nSPS) is 16.4. The maximum absolute atomic E-state index is 13.1. The summed E-state index contributed by atoms with van der Waals surface area (Å²) in [6.07, 6.45) is 3.11. The van der Waals surface area contributed by atoms with E-state index in [2.05, 4.69) is 4.99 Å². The van der Waals surface area contributed by atoms with E-state index in [9.17, 15) is 14.0 Å². The minimum Gasteiger partial charge on any atom is -0.493 e. The van der Waals surface area contributed by atoms with Crippen LogP contribution in [0.2, 0.25) is 5.02 Å². The van der Waals surface area contributed by atoms with Gasteiger partial charge in [0.05, 0.1) is 23.3 Å². The number of ether oxygens (including phenoxy) is 2. The molecule has 156 valence electrons. The summed E-state index contributed by atoms with van der Waals surface area (Å²) in [5.41, 5.74) is 0.660. The molecular weight excluding hydrogens is 445 g/mol. The fourth-order valence-corrected chi connectivity index (χ4v) is 3.82. The Morgan fingerprint density at radius 2 is 2.03 bits per heavy atom. The zero-order valence-corrected chi connectivity index (χ0v) is 17.5. The molecule has 0 spiro atoms. The molecule has 1 N–H and O–H groups in total. The topological polar surface area (TPSA) is 92.1 Å². The van der Waals surface area contributed by atoms with Crippen LogP contribution in [0.25, 0.3) is 6.08 Å². The van der Waals surface area contributed by atoms with Gasteiger partial charge in [0, 0.05) is 6.20 Å². The smallest absolute Gasteiger partial charge is 0.343 e. The van der Waals surface area contributed by atoms with Gasteiger partial charge in [-0.1, -0.05) is 23.4 Å². The number of carbonyl (C=O) groups excluding carboxylic acids is 2. The van der Waals surface area contributed by atoms with E-state index in [0.717, 1.165) is 12.1 Å². The number of amides is 1. The third kappa shape index (κ3) is 4.10. The molecule has 0 saturated heterocycles. The summed E-state index contributed by atoms with van der Waals surface area (Å²) in [5, 5.41) is 10.5. The Labute approximate surface area is 185 Å². The first-order chi connectivity index (χ1) is 14.9. The number of amidine groups is 2. The van der Waals surface area contributed by atoms with Crippen molar-refractivity contribution in [3.63, 3.8) is 0 Å². The van der Waals surface area contributed by atoms with Crippen LogP contribution >= 0.6 is 23.4 Å². The first-order valence-corrected chi connectivity index (χ1v) is 10.0. The van der Waals surface area contributed by atoms with Crippen LogP contribution < -0.4 is 9.47 Å². The Bertz CT molecular complexity index is 1210. The van der Waals surface area contributed by atoms with Crippen LogP contribution in [0, 0.1) is 11.2 Å². The number of nitrogens with zero attached hydrogens (tertiary/aromatic N) is 2. The van der Waals surface area contributed by atoms with Crippen molar-refractivity contribution >= 4 is 52.3 Å². The maximum Gasteiger partial charge on any atom is 0.343 e. The highest BCUT2D eigenvalue weighted by Crippen LogP contribution is 2.38. The van der Waals surface area contributed by atoms with Crippen molar-refractivity contribution in [2.75, 3.05) is 7.11 Å². The third-order valence-corrected chi connectivity index (χ3v) is 5.39. The molecule has 0 fully saturated rings. The van der Waals surface area contributed by atoms with Crippen molar-refractivity contribution in [2.45, 2.75) is 0 Å². The first kappa shape index (κ1) is 20.8. The van der Waals surface area contributed by atoms with Crippen molar-refractivity contribution < 1.29 is 23.5 Å². The van der Waals surface area contributed by atoms with E-state index in [1.165, 1.54) is 54.1 Å². The minimum atomic E-state index is -0.740. The summed E-state index contributed by atoms with van der Waals surface area (Å²) in [6.45, 7) is 0. The molecule has 2 aliphatic heterocycles. The lowest BCUT2D eigenvalue weighted by atomic mass is 10.1. The van der Waals surface area contributed by atoms with Gasteiger partial charge in [-0.25, -0.2) is 9.18 Å². The zero-order chi connectivity index (χ0) is 22.1. The van der Waals surface area contributed by atoms with Crippen molar-refractivity contribution in [1.29, 1.82) is 5.41 Å². The Kier molecular flexibility index (Phi) is 5.62. The van der Waals surface area contributed by atoms with Gasteiger partial charge in [0.1, 0.15) is 11.7 Å². The Hall–Kier alpha value is -3.43. The number of benzene rings is 2. The molecule has 0 saturated carbocycles. The van der Waals surface area contributed by atoms with Crippen molar-refractivity contribution in [3.8, 4) is 11.5 Å². The lowest BCUT2D eigenvalue weighted by Gasteiger charge is -2.22. The number of rotatable bonds is 4. The Balaban J connectivity index is 1.65. The van der Waals surface area contributed by atoms with Gasteiger partial charge in [-0.05, 0) is 53.4 Å². The number of methoxy groups -OCH3 is 1. The molecular formula is C21H13ClFN3O4S. The molecule has 31 heavy (non-hydrogen) atoms. The van der Waals surface area contributed by atoms with Crippen LogP contribution in [0.1, 0.15) is 15.9 Å². The maximum atomic E-state index is 13.1. The largest absolute Gasteiger partial charge is 0.493 e. The van der Waals surface area contributed by atoms with Crippen LogP contribution in [0.15, 0.2) is 58.6 Å². The van der Waals surface area contributed by atoms with Crippen LogP contribution in [0.4, 0.5) is 4.39 Å². The highest BCUT2D eigenvalue weighted by atomic mass is 35.5. The van der Waals surface area contributed by atoms with Crippen molar-refractivity contribution in [3.05, 3.63) is 75.5 Å². The van der Waals surface area contributed by atoms with Crippen LogP contribution in [-0.4, -0.2) is 34.9 Å². The van der Waals surface area contributed by atoms with Gasteiger partial charge in [-0.2, -0.15) is 4.99 Å². The number of hydrogen-bond donors (Lipinski definition) is 1. The van der Waals surface area contributed by atoms with E-state index in [-0.39, 0.29) is 33.5 Å². The average Bonchev–Trinajstić information content (AvgIpc) is 3.21. The fourth-order valence-electron chi connectivity index (χ4n) is 2.86. The number of nitrogens with one attached hydrogen (secondary N) is 1. The van der Waals surface area contributed by atoms with Gasteiger partial charge in [0.2, 0.25) is 0 Å². The molecule has 0 atom stereocenters. The standard InChI is InChI=1S/C21H13ClFN3O4S/c1-29-16-10-11(8-14-18(24)26-6-7-31-21(26)25-19(14)27)9-15(22)17(16)30-20(28)12-2-4-13(23)5-3-12/h2-10,24H,1H3/b14-8-,24-18?. The van der Waals surface area contributed by atoms with E-state index >= 15 is 0 Å². The van der Waals surface area contributed by atoms with Gasteiger partial charge >= 0.3 is 5.97 Å². The number of carbonyl (C=O) groups is 2. The van der Waals surface area contributed by atoms with E-state index in [0.29, 0.717) is 10.7 Å². The number of halogens is 2. The molecule has 1 amide bonds. The van der Waals surface area contributed by atoms with Crippen molar-refractivity contribution in [2.24, 2.45) is 4.99 Å². The Morgan fingerprint density at radius 1 is 1.29 bits per heavy atom. The van der Waals surface area contributed by atoms with E-state index in [4.69, 9.17) is 26.5 Å². The molecule has 0 aliphatic carbocycles. The predicted molar refractivity (Wildman–Crippen MR) is 116 cm³/mol. The van der Waals surface area contributed by atoms with Crippen LogP contribution in [0.5, 0.6) is 11.5 Å². The number of aliphatic imine (C=N–C) groups is 1. The molecule has 2 aliphatic rings. The van der Waals surface area contributed by atoms with E-state index in [1.807, 2.05) is 0 Å². The molecule has 0 radical (unpaired) electrons. The predicted octanol–water partition coefficient (Wildman–Crippen LogP) is 4.48. The number of esters is 1. The second-order valence-corrected chi connectivity index (χ2v) is 7.59. The molecule has 0 aromatic heterocycles. The molecule has 2 heterocycles. The zero-order valence-electron chi connectivity index (χ0n) is 15.9. The van der Waals surface area contributed by atoms with E-state index < -0.39 is 17.7 Å². The molecule has 7 nitrogen and oxygen atoms in total. The summed E-state index contributed by atoms with van der Waals surface area (Å²) < 4.78 is 23.7. The lowest BCUT2D eigenvalue weighted by molar-refractivity contribution is -0.114. The number of fused-ring (bicyclic) bond motifs is 1. The number of hydrogen-bond acceptors (Lipinski definition) is 6. The second-order valence-electron chi connectivity index (χ2n) is 6.31. The van der Waals surface area contributed by atoms with E-state index in [1.54, 1.807) is 11.6 Å². The fraction of sp³-hybridized carbons (Fsp3) is 0.0476. The van der Waals surface area contributed by atoms with Gasteiger partial charge in [0.25, 0.3) is 5.91 Å². The van der Waals surface area contributed by atoms with Crippen LogP contribution in [-0.2, 0) is 4.79 Å². The summed E-state index contributed by atoms with van der Waals surface area (Å²) in [7, 11) is 1.37. The second kappa shape index (κ2) is 8.37. The molecule has 10 heteroatoms. The lowest BCUT2D eigenvalue weighted by Crippen LogP contribution is -2.35. The monoisotopic (exact) mass is 457 g/mol. The van der Waals surface area contributed by atoms with Gasteiger partial charge in [-0.15, -0.1) is 0 Å². The van der Waals surface area contributed by atoms with Gasteiger partial charge in [0.15, 0.2) is 16.7 Å². The Morgan fingerprint density at radius 3 is 2.74 bits per heavy atom. The third-order valence-electron chi connectivity index (χ3n) is 4.35. The molecule has 0 unspecified atom stereocenters. The molecule has 0 bridgehead atoms. The molecule has 2 aromatic rings. The highest BCUT2D eigenvalue weighted by molar-refractivity contribution is 8.16.